The fourth-order valence-corrected chi connectivity index (χ4v) is 10.1. The number of aromatic nitrogens is 1. The van der Waals surface area contributed by atoms with Gasteiger partial charge in [-0.15, -0.1) is 0 Å². The lowest BCUT2D eigenvalue weighted by molar-refractivity contribution is 0.761. The summed E-state index contributed by atoms with van der Waals surface area (Å²) < 4.78 is 2.54. The van der Waals surface area contributed by atoms with Crippen LogP contribution in [-0.2, 0) is 5.41 Å². The molecule has 12 rings (SSSR count). The summed E-state index contributed by atoms with van der Waals surface area (Å²) in [4.78, 5) is 5.21. The molecule has 1 N–H and O–H groups in total. The van der Waals surface area contributed by atoms with Crippen LogP contribution < -0.4 is 5.32 Å². The van der Waals surface area contributed by atoms with Gasteiger partial charge in [0, 0.05) is 21.9 Å². The Morgan fingerprint density at radius 3 is 1.81 bits per heavy atom. The Bertz CT molecular complexity index is 3250. The van der Waals surface area contributed by atoms with E-state index in [0.29, 0.717) is 0 Å². The molecule has 0 amide bonds. The van der Waals surface area contributed by atoms with E-state index in [1.54, 1.807) is 0 Å². The Hall–Kier alpha value is -7.49. The zero-order valence-electron chi connectivity index (χ0n) is 31.7. The van der Waals surface area contributed by atoms with Gasteiger partial charge in [0.1, 0.15) is 5.84 Å². The Morgan fingerprint density at radius 1 is 0.500 bits per heavy atom. The van der Waals surface area contributed by atoms with E-state index in [2.05, 4.69) is 222 Å². The van der Waals surface area contributed by atoms with Crippen LogP contribution in [0.3, 0.4) is 0 Å². The van der Waals surface area contributed by atoms with Gasteiger partial charge in [0.15, 0.2) is 0 Å². The van der Waals surface area contributed by atoms with E-state index in [1.807, 2.05) is 0 Å². The first-order valence-corrected chi connectivity index (χ1v) is 20.1. The molecule has 1 unspecified atom stereocenters. The lowest BCUT2D eigenvalue weighted by Gasteiger charge is -2.34. The molecule has 1 aliphatic carbocycles. The van der Waals surface area contributed by atoms with Crippen LogP contribution >= 0.6 is 0 Å². The van der Waals surface area contributed by atoms with E-state index in [9.17, 15) is 0 Å². The van der Waals surface area contributed by atoms with Gasteiger partial charge >= 0.3 is 0 Å². The number of nitrogens with one attached hydrogen (secondary N) is 1. The predicted molar refractivity (Wildman–Crippen MR) is 241 cm³/mol. The number of fused-ring (bicyclic) bond motifs is 10. The lowest BCUT2D eigenvalue weighted by atomic mass is 9.66. The molecule has 1 aromatic heterocycles. The van der Waals surface area contributed by atoms with Crippen molar-refractivity contribution in [3.8, 4) is 11.1 Å². The van der Waals surface area contributed by atoms with Crippen LogP contribution in [0.15, 0.2) is 217 Å². The molecule has 1 atom stereocenters. The summed E-state index contributed by atoms with van der Waals surface area (Å²) in [7, 11) is 0. The monoisotopic (exact) mass is 739 g/mol. The summed E-state index contributed by atoms with van der Waals surface area (Å²) in [5.41, 5.74) is 12.7. The summed E-state index contributed by atoms with van der Waals surface area (Å²) in [6.45, 7) is 0. The van der Waals surface area contributed by atoms with E-state index >= 15 is 0 Å². The highest BCUT2D eigenvalue weighted by molar-refractivity contribution is 6.20. The van der Waals surface area contributed by atoms with Crippen molar-refractivity contribution in [1.82, 2.24) is 9.88 Å². The van der Waals surface area contributed by atoms with Gasteiger partial charge in [0.2, 0.25) is 0 Å². The van der Waals surface area contributed by atoms with Gasteiger partial charge in [0.05, 0.1) is 34.4 Å². The van der Waals surface area contributed by atoms with Gasteiger partial charge in [-0.2, -0.15) is 0 Å². The van der Waals surface area contributed by atoms with Crippen molar-refractivity contribution in [1.29, 1.82) is 0 Å². The van der Waals surface area contributed by atoms with E-state index < -0.39 is 5.41 Å². The van der Waals surface area contributed by atoms with Crippen LogP contribution in [0.4, 0.5) is 0 Å². The minimum Gasteiger partial charge on any atom is -0.357 e. The molecule has 9 aromatic carbocycles. The Kier molecular flexibility index (Phi) is 7.21. The molecule has 2 aliphatic rings. The summed E-state index contributed by atoms with van der Waals surface area (Å²) in [6, 6.07) is 75.3. The first kappa shape index (κ1) is 32.7. The maximum atomic E-state index is 5.21. The van der Waals surface area contributed by atoms with Crippen molar-refractivity contribution in [2.45, 2.75) is 11.5 Å². The normalized spacial score (nSPS) is 15.6. The third-order valence-corrected chi connectivity index (χ3v) is 12.5. The largest absolute Gasteiger partial charge is 0.357 e. The van der Waals surface area contributed by atoms with E-state index in [4.69, 9.17) is 4.99 Å². The van der Waals surface area contributed by atoms with Crippen LogP contribution in [0.2, 0.25) is 0 Å². The molecular weight excluding hydrogens is 703 g/mol. The first-order valence-electron chi connectivity index (χ1n) is 20.1. The van der Waals surface area contributed by atoms with E-state index in [1.165, 1.54) is 76.8 Å². The highest BCUT2D eigenvalue weighted by atomic mass is 15.1. The fraction of sp³-hybridized carbons (Fsp3) is 0.0364. The number of benzene rings is 9. The third kappa shape index (κ3) is 4.65. The van der Waals surface area contributed by atoms with E-state index in [0.717, 1.165) is 22.6 Å². The Balaban J connectivity index is 1.28. The average molecular weight is 740 g/mol. The zero-order valence-corrected chi connectivity index (χ0v) is 31.7. The number of rotatable bonds is 5. The number of hydrogen-bond acceptors (Lipinski definition) is 2. The van der Waals surface area contributed by atoms with E-state index in [-0.39, 0.29) is 6.04 Å². The second-order valence-corrected chi connectivity index (χ2v) is 15.5. The zero-order chi connectivity index (χ0) is 38.2. The fourth-order valence-electron chi connectivity index (χ4n) is 10.1. The molecule has 10 aromatic rings. The standard InChI is InChI=1S/C55H37N3/c1-5-18-37(19-6-1)52-49(35-56-54(57-52)38-20-7-2-8-21-38)58-48-34-40-23-14-13-22-39(40)33-46(48)44-31-32-47-50(53(44)58)45-30-29-36-17-15-16-28-43(36)51(45)55(47,41-24-9-3-10-25-41)42-26-11-4-12-27-42/h1-35,52H,(H,56,57). The van der Waals surface area contributed by atoms with Crippen LogP contribution in [0.5, 0.6) is 0 Å². The van der Waals surface area contributed by atoms with Crippen LogP contribution in [0.25, 0.3) is 60.2 Å². The molecular formula is C55H37N3. The molecule has 3 nitrogen and oxygen atoms in total. The quantitative estimate of drug-likeness (QED) is 0.187. The topological polar surface area (TPSA) is 29.3 Å². The van der Waals surface area contributed by atoms with Gasteiger partial charge in [-0.05, 0) is 67.1 Å². The van der Waals surface area contributed by atoms with Gasteiger partial charge in [-0.3, -0.25) is 0 Å². The predicted octanol–water partition coefficient (Wildman–Crippen LogP) is 13.1. The van der Waals surface area contributed by atoms with Crippen LogP contribution in [-0.4, -0.2) is 10.4 Å². The molecule has 272 valence electrons. The second-order valence-electron chi connectivity index (χ2n) is 15.5. The second kappa shape index (κ2) is 12.8. The van der Waals surface area contributed by atoms with Crippen molar-refractivity contribution in [2.24, 2.45) is 4.99 Å². The Labute approximate surface area is 336 Å². The highest BCUT2D eigenvalue weighted by Gasteiger charge is 2.48. The molecule has 0 fully saturated rings. The number of aliphatic imine (C=N–C) groups is 1. The molecule has 3 heteroatoms. The number of hydrogen-bond donors (Lipinski definition) is 1. The molecule has 1 aliphatic heterocycles. The minimum absolute atomic E-state index is 0.180. The first-order chi connectivity index (χ1) is 28.8. The van der Waals surface area contributed by atoms with Crippen LogP contribution in [0.1, 0.15) is 39.4 Å². The average Bonchev–Trinajstić information content (AvgIpc) is 3.79. The molecule has 58 heavy (non-hydrogen) atoms. The van der Waals surface area contributed by atoms with Gasteiger partial charge in [-0.1, -0.05) is 194 Å². The van der Waals surface area contributed by atoms with Gasteiger partial charge < -0.3 is 9.88 Å². The summed E-state index contributed by atoms with van der Waals surface area (Å²) in [6.07, 6.45) is 2.11. The summed E-state index contributed by atoms with van der Waals surface area (Å²) in [5, 5.41) is 11.3. The van der Waals surface area contributed by atoms with Crippen molar-refractivity contribution >= 4 is 54.9 Å². The minimum atomic E-state index is -0.578. The highest BCUT2D eigenvalue weighted by Crippen LogP contribution is 2.60. The summed E-state index contributed by atoms with van der Waals surface area (Å²) >= 11 is 0. The molecule has 0 spiro atoms. The molecule has 0 saturated heterocycles. The molecule has 0 saturated carbocycles. The van der Waals surface area contributed by atoms with Crippen molar-refractivity contribution in [3.63, 3.8) is 0 Å². The van der Waals surface area contributed by atoms with Crippen LogP contribution in [0, 0.1) is 0 Å². The maximum absolute atomic E-state index is 5.21. The number of nitrogens with zero attached hydrogens (tertiary/aromatic N) is 2. The Morgan fingerprint density at radius 2 is 1.10 bits per heavy atom. The lowest BCUT2D eigenvalue weighted by Crippen LogP contribution is -2.33. The molecule has 2 heterocycles. The SMILES string of the molecule is C1=C(n2c3cc4ccccc4cc3c3ccc4c(c32)-c2ccc3ccccc3c2C4(c2ccccc2)c2ccccc2)C(c2ccccc2)NC(c2ccccc2)=N1. The van der Waals surface area contributed by atoms with Gasteiger partial charge in [0.25, 0.3) is 0 Å². The van der Waals surface area contributed by atoms with Gasteiger partial charge in [-0.25, -0.2) is 4.99 Å². The maximum Gasteiger partial charge on any atom is 0.134 e. The smallest absolute Gasteiger partial charge is 0.134 e. The van der Waals surface area contributed by atoms with Crippen molar-refractivity contribution < 1.29 is 0 Å². The molecule has 0 radical (unpaired) electrons. The summed E-state index contributed by atoms with van der Waals surface area (Å²) in [5.74, 6) is 0.860. The van der Waals surface area contributed by atoms with Crippen molar-refractivity contribution in [2.75, 3.05) is 0 Å². The molecule has 0 bridgehead atoms. The van der Waals surface area contributed by atoms with Crippen molar-refractivity contribution in [3.05, 3.63) is 246 Å². The third-order valence-electron chi connectivity index (χ3n) is 12.5. The number of amidine groups is 1.